The normalized spacial score (nSPS) is 11.1. The Morgan fingerprint density at radius 1 is 1.43 bits per heavy atom. The highest BCUT2D eigenvalue weighted by Gasteiger charge is 2.05. The van der Waals surface area contributed by atoms with Crippen LogP contribution in [-0.4, -0.2) is 9.78 Å². The molecule has 0 saturated carbocycles. The zero-order valence-corrected chi connectivity index (χ0v) is 8.62. The Labute approximate surface area is 83.5 Å². The average molecular weight is 189 g/mol. The number of nitrogens with two attached hydrogens (primary N) is 1. The van der Waals surface area contributed by atoms with E-state index in [1.807, 2.05) is 11.6 Å². The van der Waals surface area contributed by atoms with Crippen LogP contribution in [0, 0.1) is 6.92 Å². The lowest BCUT2D eigenvalue weighted by molar-refractivity contribution is 0.676. The molecule has 2 N–H and O–H groups in total. The predicted molar refractivity (Wildman–Crippen MR) is 58.0 cm³/mol. The molecule has 0 aliphatic carbocycles. The molecule has 0 saturated heterocycles. The molecular formula is C11H15N3. The third-order valence-corrected chi connectivity index (χ3v) is 2.54. The first kappa shape index (κ1) is 9.21. The van der Waals surface area contributed by atoms with Crippen molar-refractivity contribution in [2.24, 2.45) is 5.73 Å². The van der Waals surface area contributed by atoms with Gasteiger partial charge >= 0.3 is 0 Å². The summed E-state index contributed by atoms with van der Waals surface area (Å²) in [7, 11) is 0. The maximum Gasteiger partial charge on any atom is 0.0688 e. The molecule has 1 aromatic heterocycles. The van der Waals surface area contributed by atoms with Crippen LogP contribution in [-0.2, 0) is 13.1 Å². The fourth-order valence-corrected chi connectivity index (χ4v) is 1.75. The molecule has 2 rings (SSSR count). The maximum atomic E-state index is 5.61. The molecule has 0 bridgehead atoms. The third kappa shape index (κ3) is 1.30. The number of rotatable bonds is 2. The van der Waals surface area contributed by atoms with Crippen LogP contribution in [0.2, 0.25) is 0 Å². The van der Waals surface area contributed by atoms with Crippen molar-refractivity contribution >= 4 is 10.9 Å². The summed E-state index contributed by atoms with van der Waals surface area (Å²) in [5, 5.41) is 5.69. The molecule has 0 amide bonds. The smallest absolute Gasteiger partial charge is 0.0688 e. The van der Waals surface area contributed by atoms with Gasteiger partial charge in [-0.15, -0.1) is 0 Å². The summed E-state index contributed by atoms with van der Waals surface area (Å²) in [4.78, 5) is 0. The molecule has 3 heteroatoms. The third-order valence-electron chi connectivity index (χ3n) is 2.54. The molecule has 2 aromatic rings. The first-order valence-corrected chi connectivity index (χ1v) is 4.92. The number of hydrogen-bond donors (Lipinski definition) is 1. The Morgan fingerprint density at radius 3 is 2.86 bits per heavy atom. The topological polar surface area (TPSA) is 43.8 Å². The molecule has 14 heavy (non-hydrogen) atoms. The van der Waals surface area contributed by atoms with E-state index in [9.17, 15) is 0 Å². The van der Waals surface area contributed by atoms with Crippen molar-refractivity contribution in [2.75, 3.05) is 0 Å². The lowest BCUT2D eigenvalue weighted by Crippen LogP contribution is -1.98. The second-order valence-electron chi connectivity index (χ2n) is 3.46. The first-order chi connectivity index (χ1) is 6.76. The van der Waals surface area contributed by atoms with Gasteiger partial charge in [0.25, 0.3) is 0 Å². The molecule has 0 aliphatic rings. The van der Waals surface area contributed by atoms with Gasteiger partial charge in [0.05, 0.1) is 11.2 Å². The van der Waals surface area contributed by atoms with Gasteiger partial charge in [0.1, 0.15) is 0 Å². The van der Waals surface area contributed by atoms with E-state index < -0.39 is 0 Å². The van der Waals surface area contributed by atoms with E-state index in [-0.39, 0.29) is 0 Å². The van der Waals surface area contributed by atoms with E-state index in [4.69, 9.17) is 5.73 Å². The number of aryl methyl sites for hydroxylation is 2. The van der Waals surface area contributed by atoms with Crippen molar-refractivity contribution in [3.8, 4) is 0 Å². The average Bonchev–Trinajstić information content (AvgIpc) is 2.55. The van der Waals surface area contributed by atoms with Crippen molar-refractivity contribution in [2.45, 2.75) is 26.9 Å². The van der Waals surface area contributed by atoms with Crippen LogP contribution in [0.15, 0.2) is 18.2 Å². The highest BCUT2D eigenvalue weighted by Crippen LogP contribution is 2.19. The number of hydrogen-bond acceptors (Lipinski definition) is 2. The standard InChI is InChI=1S/C11H15N3/c1-3-14-11-6-9(7-12)4-5-10(11)8(2)13-14/h4-6H,3,7,12H2,1-2H3. The Hall–Kier alpha value is -1.35. The summed E-state index contributed by atoms with van der Waals surface area (Å²) in [6, 6.07) is 6.29. The Kier molecular flexibility index (Phi) is 2.25. The summed E-state index contributed by atoms with van der Waals surface area (Å²) < 4.78 is 2.02. The van der Waals surface area contributed by atoms with Gasteiger partial charge in [0.2, 0.25) is 0 Å². The molecular weight excluding hydrogens is 174 g/mol. The van der Waals surface area contributed by atoms with Gasteiger partial charge in [-0.25, -0.2) is 0 Å². The SMILES string of the molecule is CCn1nc(C)c2ccc(CN)cc21. The van der Waals surface area contributed by atoms with Gasteiger partial charge in [-0.2, -0.15) is 5.10 Å². The second kappa shape index (κ2) is 3.42. The highest BCUT2D eigenvalue weighted by molar-refractivity contribution is 5.82. The molecule has 0 radical (unpaired) electrons. The quantitative estimate of drug-likeness (QED) is 0.783. The van der Waals surface area contributed by atoms with Crippen LogP contribution in [0.4, 0.5) is 0 Å². The second-order valence-corrected chi connectivity index (χ2v) is 3.46. The molecule has 3 nitrogen and oxygen atoms in total. The van der Waals surface area contributed by atoms with E-state index in [2.05, 4.69) is 30.2 Å². The lowest BCUT2D eigenvalue weighted by atomic mass is 10.1. The number of nitrogens with zero attached hydrogens (tertiary/aromatic N) is 2. The zero-order chi connectivity index (χ0) is 10.1. The van der Waals surface area contributed by atoms with E-state index in [0.29, 0.717) is 6.54 Å². The van der Waals surface area contributed by atoms with Crippen LogP contribution < -0.4 is 5.73 Å². The number of benzene rings is 1. The molecule has 1 aromatic carbocycles. The van der Waals surface area contributed by atoms with Crippen molar-refractivity contribution in [1.82, 2.24) is 9.78 Å². The minimum absolute atomic E-state index is 0.587. The molecule has 0 unspecified atom stereocenters. The summed E-state index contributed by atoms with van der Waals surface area (Å²) >= 11 is 0. The zero-order valence-electron chi connectivity index (χ0n) is 8.62. The summed E-state index contributed by atoms with van der Waals surface area (Å²) in [6.07, 6.45) is 0. The highest BCUT2D eigenvalue weighted by atomic mass is 15.3. The number of fused-ring (bicyclic) bond motifs is 1. The first-order valence-electron chi connectivity index (χ1n) is 4.92. The number of aromatic nitrogens is 2. The lowest BCUT2D eigenvalue weighted by Gasteiger charge is -2.00. The van der Waals surface area contributed by atoms with Gasteiger partial charge < -0.3 is 5.73 Å². The van der Waals surface area contributed by atoms with Gasteiger partial charge in [0.15, 0.2) is 0 Å². The molecule has 0 atom stereocenters. The molecule has 0 spiro atoms. The van der Waals surface area contributed by atoms with Crippen LogP contribution >= 0.6 is 0 Å². The van der Waals surface area contributed by atoms with Crippen LogP contribution in [0.1, 0.15) is 18.2 Å². The van der Waals surface area contributed by atoms with E-state index in [1.165, 1.54) is 10.9 Å². The molecule has 74 valence electrons. The van der Waals surface area contributed by atoms with Crippen molar-refractivity contribution < 1.29 is 0 Å². The van der Waals surface area contributed by atoms with Crippen molar-refractivity contribution in [1.29, 1.82) is 0 Å². The van der Waals surface area contributed by atoms with E-state index in [1.54, 1.807) is 0 Å². The fourth-order valence-electron chi connectivity index (χ4n) is 1.75. The fraction of sp³-hybridized carbons (Fsp3) is 0.364. The summed E-state index contributed by atoms with van der Waals surface area (Å²) in [6.45, 7) is 5.62. The minimum Gasteiger partial charge on any atom is -0.326 e. The van der Waals surface area contributed by atoms with Crippen LogP contribution in [0.25, 0.3) is 10.9 Å². The Morgan fingerprint density at radius 2 is 2.21 bits per heavy atom. The predicted octanol–water partition coefficient (Wildman–Crippen LogP) is 1.82. The largest absolute Gasteiger partial charge is 0.326 e. The minimum atomic E-state index is 0.587. The van der Waals surface area contributed by atoms with Crippen LogP contribution in [0.5, 0.6) is 0 Å². The molecule has 0 aliphatic heterocycles. The van der Waals surface area contributed by atoms with Gasteiger partial charge in [0, 0.05) is 18.5 Å². The van der Waals surface area contributed by atoms with Gasteiger partial charge in [-0.05, 0) is 25.5 Å². The summed E-state index contributed by atoms with van der Waals surface area (Å²) in [5.74, 6) is 0. The van der Waals surface area contributed by atoms with Crippen molar-refractivity contribution in [3.05, 3.63) is 29.5 Å². The monoisotopic (exact) mass is 189 g/mol. The molecule has 0 fully saturated rings. The van der Waals surface area contributed by atoms with E-state index >= 15 is 0 Å². The van der Waals surface area contributed by atoms with E-state index in [0.717, 1.165) is 17.8 Å². The van der Waals surface area contributed by atoms with Crippen LogP contribution in [0.3, 0.4) is 0 Å². The Bertz CT molecular complexity index is 457. The van der Waals surface area contributed by atoms with Gasteiger partial charge in [-0.1, -0.05) is 12.1 Å². The van der Waals surface area contributed by atoms with Crippen molar-refractivity contribution in [3.63, 3.8) is 0 Å². The van der Waals surface area contributed by atoms with Gasteiger partial charge in [-0.3, -0.25) is 4.68 Å². The Balaban J connectivity index is 2.71. The molecule has 1 heterocycles. The summed E-state index contributed by atoms with van der Waals surface area (Å²) in [5.41, 5.74) is 9.05. The maximum absolute atomic E-state index is 5.61.